The van der Waals surface area contributed by atoms with Crippen LogP contribution in [0.1, 0.15) is 94.6 Å². The lowest BCUT2D eigenvalue weighted by Gasteiger charge is -2.32. The van der Waals surface area contributed by atoms with E-state index in [-0.39, 0.29) is 11.3 Å². The predicted octanol–water partition coefficient (Wildman–Crippen LogP) is 9.98. The van der Waals surface area contributed by atoms with Gasteiger partial charge in [0.1, 0.15) is 11.5 Å². The third-order valence-corrected chi connectivity index (χ3v) is 8.40. The van der Waals surface area contributed by atoms with E-state index < -0.39 is 18.2 Å². The third-order valence-electron chi connectivity index (χ3n) is 8.40. The van der Waals surface area contributed by atoms with Gasteiger partial charge in [0.25, 0.3) is 0 Å². The average Bonchev–Trinajstić information content (AvgIpc) is 2.88. The molecule has 0 amide bonds. The van der Waals surface area contributed by atoms with E-state index in [4.69, 9.17) is 4.74 Å². The minimum Gasteiger partial charge on any atom is -0.429 e. The molecule has 0 aromatic heterocycles. The fraction of sp³-hybridized carbons (Fsp3) is 0.600. The summed E-state index contributed by atoms with van der Waals surface area (Å²) in [6.45, 7) is 2.30. The Morgan fingerprint density at radius 2 is 1.08 bits per heavy atom. The first kappa shape index (κ1) is 27.7. The number of benzene rings is 2. The minimum absolute atomic E-state index is 0.250. The SMILES string of the molecule is CCC1CCC(CCC2CCC(c3ccc(C(F)(F)Oc4ccc(OC(F)(F)F)cc4)cc3)CC2)CC1. The summed E-state index contributed by atoms with van der Waals surface area (Å²) in [6, 6.07) is 10.2. The molecule has 0 saturated heterocycles. The molecule has 0 atom stereocenters. The number of hydrogen-bond acceptors (Lipinski definition) is 2. The highest BCUT2D eigenvalue weighted by molar-refractivity contribution is 5.33. The van der Waals surface area contributed by atoms with Crippen LogP contribution in [0.15, 0.2) is 48.5 Å². The minimum atomic E-state index is -4.85. The highest BCUT2D eigenvalue weighted by Crippen LogP contribution is 2.41. The summed E-state index contributed by atoms with van der Waals surface area (Å²) in [5.74, 6) is 2.27. The van der Waals surface area contributed by atoms with Crippen LogP contribution in [-0.4, -0.2) is 6.36 Å². The van der Waals surface area contributed by atoms with Crippen molar-refractivity contribution in [2.24, 2.45) is 17.8 Å². The topological polar surface area (TPSA) is 18.5 Å². The van der Waals surface area contributed by atoms with Crippen molar-refractivity contribution < 1.29 is 31.4 Å². The van der Waals surface area contributed by atoms with Crippen LogP contribution in [0, 0.1) is 17.8 Å². The molecular formula is C30H37F5O2. The van der Waals surface area contributed by atoms with Crippen LogP contribution >= 0.6 is 0 Å². The zero-order chi connectivity index (χ0) is 26.5. The molecule has 2 aliphatic carbocycles. The Morgan fingerprint density at radius 1 is 0.622 bits per heavy atom. The maximum Gasteiger partial charge on any atom is 0.573 e. The largest absolute Gasteiger partial charge is 0.573 e. The number of rotatable bonds is 9. The molecule has 0 unspecified atom stereocenters. The molecule has 0 radical (unpaired) electrons. The fourth-order valence-corrected chi connectivity index (χ4v) is 6.05. The second-order valence-corrected chi connectivity index (χ2v) is 10.9. The van der Waals surface area contributed by atoms with E-state index in [0.717, 1.165) is 60.4 Å². The molecule has 0 N–H and O–H groups in total. The third kappa shape index (κ3) is 8.08. The second-order valence-electron chi connectivity index (χ2n) is 10.9. The highest BCUT2D eigenvalue weighted by Gasteiger charge is 2.35. The van der Waals surface area contributed by atoms with Gasteiger partial charge in [0.2, 0.25) is 0 Å². The Bertz CT molecular complexity index is 955. The first-order valence-corrected chi connectivity index (χ1v) is 13.6. The van der Waals surface area contributed by atoms with E-state index in [9.17, 15) is 22.0 Å². The van der Waals surface area contributed by atoms with Gasteiger partial charge in [-0.3, -0.25) is 0 Å². The van der Waals surface area contributed by atoms with Crippen molar-refractivity contribution in [2.75, 3.05) is 0 Å². The molecule has 37 heavy (non-hydrogen) atoms. The van der Waals surface area contributed by atoms with E-state index in [1.807, 2.05) is 0 Å². The summed E-state index contributed by atoms with van der Waals surface area (Å²) < 4.78 is 74.7. The van der Waals surface area contributed by atoms with Crippen molar-refractivity contribution in [3.63, 3.8) is 0 Å². The zero-order valence-electron chi connectivity index (χ0n) is 21.4. The standard InChI is InChI=1S/C30H37F5O2/c1-2-21-3-5-22(6-4-21)7-8-23-9-11-24(12-10-23)25-13-15-26(16-14-25)29(31,32)36-27-17-19-28(20-18-27)37-30(33,34)35/h13-24H,2-12H2,1H3. The van der Waals surface area contributed by atoms with E-state index >= 15 is 0 Å². The lowest BCUT2D eigenvalue weighted by Crippen LogP contribution is -2.22. The molecule has 204 valence electrons. The smallest absolute Gasteiger partial charge is 0.429 e. The van der Waals surface area contributed by atoms with Crippen molar-refractivity contribution >= 4 is 0 Å². The van der Waals surface area contributed by atoms with Crippen LogP contribution in [0.4, 0.5) is 22.0 Å². The molecule has 2 aromatic rings. The van der Waals surface area contributed by atoms with Gasteiger partial charge in [-0.1, -0.05) is 64.0 Å². The highest BCUT2D eigenvalue weighted by atomic mass is 19.4. The Labute approximate surface area is 216 Å². The average molecular weight is 525 g/mol. The van der Waals surface area contributed by atoms with Gasteiger partial charge in [-0.25, -0.2) is 0 Å². The predicted molar refractivity (Wildman–Crippen MR) is 134 cm³/mol. The Balaban J connectivity index is 1.24. The van der Waals surface area contributed by atoms with Gasteiger partial charge < -0.3 is 9.47 Å². The van der Waals surface area contributed by atoms with Gasteiger partial charge in [0.05, 0.1) is 5.56 Å². The molecule has 2 fully saturated rings. The lowest BCUT2D eigenvalue weighted by molar-refractivity contribution is -0.274. The van der Waals surface area contributed by atoms with Crippen LogP contribution in [0.5, 0.6) is 11.5 Å². The van der Waals surface area contributed by atoms with Crippen LogP contribution in [0.25, 0.3) is 0 Å². The number of hydrogen-bond donors (Lipinski definition) is 0. The van der Waals surface area contributed by atoms with Gasteiger partial charge in [-0.15, -0.1) is 13.2 Å². The quantitative estimate of drug-likeness (QED) is 0.304. The first-order chi connectivity index (χ1) is 17.6. The molecule has 2 saturated carbocycles. The summed E-state index contributed by atoms with van der Waals surface area (Å²) >= 11 is 0. The maximum absolute atomic E-state index is 14.7. The summed E-state index contributed by atoms with van der Waals surface area (Å²) in [5.41, 5.74) is 0.780. The Hall–Kier alpha value is -2.31. The van der Waals surface area contributed by atoms with Crippen molar-refractivity contribution in [1.82, 2.24) is 0 Å². The zero-order valence-corrected chi connectivity index (χ0v) is 21.4. The van der Waals surface area contributed by atoms with E-state index in [2.05, 4.69) is 11.7 Å². The van der Waals surface area contributed by atoms with Crippen LogP contribution in [-0.2, 0) is 6.11 Å². The fourth-order valence-electron chi connectivity index (χ4n) is 6.05. The summed E-state index contributed by atoms with van der Waals surface area (Å²) in [5, 5.41) is 0. The summed E-state index contributed by atoms with van der Waals surface area (Å²) in [7, 11) is 0. The Kier molecular flexibility index (Phi) is 9.02. The van der Waals surface area contributed by atoms with Crippen LogP contribution in [0.3, 0.4) is 0 Å². The lowest BCUT2D eigenvalue weighted by atomic mass is 9.74. The molecule has 0 bridgehead atoms. The van der Waals surface area contributed by atoms with Gasteiger partial charge in [-0.05, 0) is 91.3 Å². The molecule has 2 aromatic carbocycles. The molecule has 4 rings (SSSR count). The van der Waals surface area contributed by atoms with Gasteiger partial charge >= 0.3 is 12.5 Å². The number of halogens is 5. The summed E-state index contributed by atoms with van der Waals surface area (Å²) in [4.78, 5) is 0. The first-order valence-electron chi connectivity index (χ1n) is 13.6. The monoisotopic (exact) mass is 524 g/mol. The van der Waals surface area contributed by atoms with Gasteiger partial charge in [-0.2, -0.15) is 8.78 Å². The van der Waals surface area contributed by atoms with Gasteiger partial charge in [0.15, 0.2) is 0 Å². The second kappa shape index (κ2) is 12.0. The van der Waals surface area contributed by atoms with E-state index in [1.165, 1.54) is 69.9 Å². The molecule has 0 heterocycles. The van der Waals surface area contributed by atoms with Crippen molar-refractivity contribution in [3.05, 3.63) is 59.7 Å². The van der Waals surface area contributed by atoms with Crippen molar-refractivity contribution in [1.29, 1.82) is 0 Å². The number of alkyl halides is 5. The normalized spacial score (nSPS) is 25.0. The van der Waals surface area contributed by atoms with Crippen molar-refractivity contribution in [3.8, 4) is 11.5 Å². The van der Waals surface area contributed by atoms with E-state index in [1.54, 1.807) is 12.1 Å². The summed E-state index contributed by atoms with van der Waals surface area (Å²) in [6.07, 6.45) is 5.70. The molecular weight excluding hydrogens is 487 g/mol. The van der Waals surface area contributed by atoms with Crippen molar-refractivity contribution in [2.45, 2.75) is 95.9 Å². The van der Waals surface area contributed by atoms with Crippen LogP contribution in [0.2, 0.25) is 0 Å². The molecule has 0 aliphatic heterocycles. The van der Waals surface area contributed by atoms with Crippen LogP contribution < -0.4 is 9.47 Å². The van der Waals surface area contributed by atoms with E-state index in [0.29, 0.717) is 5.92 Å². The molecule has 2 aliphatic rings. The molecule has 0 spiro atoms. The molecule has 7 heteroatoms. The maximum atomic E-state index is 14.7. The van der Waals surface area contributed by atoms with Gasteiger partial charge in [0, 0.05) is 0 Å². The Morgan fingerprint density at radius 3 is 1.57 bits per heavy atom. The number of ether oxygens (including phenoxy) is 2. The molecule has 2 nitrogen and oxygen atoms in total.